The smallest absolute Gasteiger partial charge is 0.347 e. The summed E-state index contributed by atoms with van der Waals surface area (Å²) in [6.45, 7) is 1.31. The molecule has 0 unspecified atom stereocenters. The van der Waals surface area contributed by atoms with E-state index in [1.165, 1.54) is 14.0 Å². The molecule has 3 rings (SSSR count). The molecule has 0 bridgehead atoms. The fraction of sp³-hybridized carbons (Fsp3) is 0.227. The minimum absolute atomic E-state index is 0.277. The molecular weight excluding hydrogens is 458 g/mol. The summed E-state index contributed by atoms with van der Waals surface area (Å²) in [4.78, 5) is 37.6. The molecule has 6 N–H and O–H groups in total. The molecule has 0 atom stereocenters. The molecule has 1 heterocycles. The monoisotopic (exact) mass is 481 g/mol. The molecule has 182 valence electrons. The van der Waals surface area contributed by atoms with Crippen molar-refractivity contribution in [2.24, 2.45) is 5.73 Å². The Morgan fingerprint density at radius 1 is 1.09 bits per heavy atom. The molecule has 0 fully saturated rings. The predicted molar refractivity (Wildman–Crippen MR) is 119 cm³/mol. The summed E-state index contributed by atoms with van der Waals surface area (Å²) in [6.07, 6.45) is 1.54. The number of hydrogen-bond donors (Lipinski definition) is 5. The topological polar surface area (TPSA) is 129 Å². The van der Waals surface area contributed by atoms with Crippen molar-refractivity contribution in [3.8, 4) is 0 Å². The van der Waals surface area contributed by atoms with Gasteiger partial charge in [-0.1, -0.05) is 6.08 Å². The van der Waals surface area contributed by atoms with Crippen molar-refractivity contribution in [1.29, 1.82) is 0 Å². The molecule has 0 spiro atoms. The van der Waals surface area contributed by atoms with Crippen molar-refractivity contribution < 1.29 is 31.9 Å². The van der Waals surface area contributed by atoms with Gasteiger partial charge in [0, 0.05) is 24.4 Å². The molecule has 0 aliphatic heterocycles. The van der Waals surface area contributed by atoms with Gasteiger partial charge in [-0.15, -0.1) is 0 Å². The Bertz CT molecular complexity index is 1140. The van der Waals surface area contributed by atoms with Gasteiger partial charge < -0.3 is 26.7 Å². The van der Waals surface area contributed by atoms with Crippen molar-refractivity contribution in [3.63, 3.8) is 0 Å². The Morgan fingerprint density at radius 2 is 1.79 bits per heavy atom. The van der Waals surface area contributed by atoms with Gasteiger partial charge in [-0.2, -0.15) is 13.2 Å². The molecule has 0 radical (unpaired) electrons. The van der Waals surface area contributed by atoms with Gasteiger partial charge in [0.05, 0.1) is 16.8 Å². The van der Waals surface area contributed by atoms with E-state index in [1.54, 1.807) is 18.3 Å². The van der Waals surface area contributed by atoms with Crippen LogP contribution in [-0.2, 0) is 11.0 Å². The number of benzene rings is 1. The number of aromatic amines is 1. The molecule has 1 aliphatic rings. The number of aromatic nitrogens is 1. The maximum atomic E-state index is 13.8. The number of allylic oxidation sites excluding steroid dienone is 4. The molecule has 1 aromatic carbocycles. The van der Waals surface area contributed by atoms with Crippen LogP contribution in [0.15, 0.2) is 42.2 Å². The quantitative estimate of drug-likeness (QED) is 0.320. The maximum absolute atomic E-state index is 13.8. The fourth-order valence-electron chi connectivity index (χ4n) is 3.16. The summed E-state index contributed by atoms with van der Waals surface area (Å²) in [5.41, 5.74) is 4.91. The number of urea groups is 1. The van der Waals surface area contributed by atoms with Gasteiger partial charge in [0.25, 0.3) is 0 Å². The van der Waals surface area contributed by atoms with Crippen LogP contribution in [0.1, 0.15) is 41.3 Å². The first kappa shape index (κ1) is 26.3. The lowest BCUT2D eigenvalue weighted by Gasteiger charge is -2.17. The van der Waals surface area contributed by atoms with Crippen LogP contribution in [0.2, 0.25) is 0 Å². The van der Waals surface area contributed by atoms with E-state index in [1.807, 2.05) is 0 Å². The molecule has 3 amide bonds. The summed E-state index contributed by atoms with van der Waals surface area (Å²) in [5, 5.41) is 7.07. The Kier molecular flexibility index (Phi) is 8.73. The van der Waals surface area contributed by atoms with Gasteiger partial charge in [-0.3, -0.25) is 9.59 Å². The van der Waals surface area contributed by atoms with Gasteiger partial charge in [0.2, 0.25) is 5.91 Å². The number of hydrogen-bond acceptors (Lipinski definition) is 4. The first-order valence-electron chi connectivity index (χ1n) is 9.95. The van der Waals surface area contributed by atoms with E-state index in [-0.39, 0.29) is 17.3 Å². The van der Waals surface area contributed by atoms with Crippen molar-refractivity contribution in [2.45, 2.75) is 25.9 Å². The van der Waals surface area contributed by atoms with Crippen LogP contribution in [-0.4, -0.2) is 30.3 Å². The second kappa shape index (κ2) is 11.3. The highest BCUT2D eigenvalue weighted by Gasteiger charge is 2.31. The number of nitrogens with two attached hydrogens (primary N) is 1. The zero-order chi connectivity index (χ0) is 25.5. The normalized spacial score (nSPS) is 13.0. The number of halogens is 4. The highest BCUT2D eigenvalue weighted by atomic mass is 19.4. The summed E-state index contributed by atoms with van der Waals surface area (Å²) in [7, 11) is 1.50. The Balaban J connectivity index is 0.00000199. The highest BCUT2D eigenvalue weighted by Crippen LogP contribution is 2.32. The molecule has 0 saturated carbocycles. The number of aldehydes is 1. The fourth-order valence-corrected chi connectivity index (χ4v) is 3.16. The van der Waals surface area contributed by atoms with E-state index in [2.05, 4.69) is 26.7 Å². The first-order chi connectivity index (χ1) is 16.1. The van der Waals surface area contributed by atoms with E-state index in [4.69, 9.17) is 0 Å². The minimum Gasteiger partial charge on any atom is -0.347 e. The molecule has 0 saturated heterocycles. The largest absolute Gasteiger partial charge is 0.416 e. The van der Waals surface area contributed by atoms with Crippen molar-refractivity contribution in [1.82, 2.24) is 10.3 Å². The number of carbonyl (C=O) groups excluding carboxylic acids is 3. The number of H-pyrrole nitrogens is 1. The summed E-state index contributed by atoms with van der Waals surface area (Å²) in [5.74, 6) is -1.07. The van der Waals surface area contributed by atoms with Crippen molar-refractivity contribution in [2.75, 3.05) is 17.7 Å². The van der Waals surface area contributed by atoms with E-state index in [0.29, 0.717) is 48.6 Å². The van der Waals surface area contributed by atoms with Crippen molar-refractivity contribution in [3.05, 3.63) is 64.8 Å². The molecular formula is C22H23F4N5O3. The van der Waals surface area contributed by atoms with Crippen LogP contribution in [0.5, 0.6) is 0 Å². The van der Waals surface area contributed by atoms with Gasteiger partial charge in [0.1, 0.15) is 11.6 Å². The number of rotatable bonds is 5. The Labute approximate surface area is 192 Å². The molecule has 34 heavy (non-hydrogen) atoms. The lowest BCUT2D eigenvalue weighted by molar-refractivity contribution is -0.137. The molecule has 1 aliphatic carbocycles. The van der Waals surface area contributed by atoms with E-state index in [0.717, 1.165) is 5.57 Å². The number of nitrogens with one attached hydrogen (secondary N) is 4. The van der Waals surface area contributed by atoms with E-state index < -0.39 is 29.3 Å². The third kappa shape index (κ3) is 6.54. The lowest BCUT2D eigenvalue weighted by atomic mass is 9.95. The number of alkyl halides is 3. The summed E-state index contributed by atoms with van der Waals surface area (Å²) in [6, 6.07) is 0.834. The zero-order valence-electron chi connectivity index (χ0n) is 18.3. The third-order valence-corrected chi connectivity index (χ3v) is 4.65. The molecule has 12 heteroatoms. The van der Waals surface area contributed by atoms with E-state index in [9.17, 15) is 31.9 Å². The van der Waals surface area contributed by atoms with Gasteiger partial charge in [-0.05, 0) is 49.7 Å². The van der Waals surface area contributed by atoms with E-state index >= 15 is 0 Å². The summed E-state index contributed by atoms with van der Waals surface area (Å²) < 4.78 is 52.2. The van der Waals surface area contributed by atoms with Gasteiger partial charge in [-0.25, -0.2) is 9.18 Å². The van der Waals surface area contributed by atoms with Gasteiger partial charge >= 0.3 is 12.2 Å². The number of carbonyl (C=O) groups is 3. The second-order valence-corrected chi connectivity index (χ2v) is 6.95. The first-order valence-corrected chi connectivity index (χ1v) is 9.95. The molecule has 8 nitrogen and oxygen atoms in total. The van der Waals surface area contributed by atoms with Gasteiger partial charge in [0.15, 0.2) is 6.29 Å². The van der Waals surface area contributed by atoms with Crippen LogP contribution in [0.3, 0.4) is 0 Å². The number of anilines is 2. The minimum atomic E-state index is -4.67. The van der Waals surface area contributed by atoms with Crippen molar-refractivity contribution >= 4 is 35.3 Å². The standard InChI is InChI=1S/C21H18F4N4O3.CH5N/c1-11(31)27-19-16(10-30)15(9-26-19)12-2-5-14(6-3-12)28-20(32)29-18-8-13(21(23,24)25)4-7-17(18)22;1-2/h2,4-5,7-10,26H,3,6H2,1H3,(H,27,31)(H2,28,29,32);2H2,1H3. The molecule has 1 aromatic heterocycles. The van der Waals surface area contributed by atoms with Crippen LogP contribution in [0.4, 0.5) is 33.9 Å². The number of amides is 3. The lowest BCUT2D eigenvalue weighted by Crippen LogP contribution is -2.29. The third-order valence-electron chi connectivity index (χ3n) is 4.65. The van der Waals surface area contributed by atoms with Crippen LogP contribution in [0.25, 0.3) is 5.57 Å². The zero-order valence-corrected chi connectivity index (χ0v) is 18.3. The van der Waals surface area contributed by atoms with Crippen LogP contribution in [0, 0.1) is 5.82 Å². The second-order valence-electron chi connectivity index (χ2n) is 6.95. The Morgan fingerprint density at radius 3 is 2.35 bits per heavy atom. The maximum Gasteiger partial charge on any atom is 0.416 e. The highest BCUT2D eigenvalue weighted by molar-refractivity contribution is 5.98. The average molecular weight is 481 g/mol. The Hall–Kier alpha value is -3.93. The average Bonchev–Trinajstić information content (AvgIpc) is 3.18. The SMILES string of the molecule is CC(=O)Nc1[nH]cc(C2=CC=C(NC(=O)Nc3cc(C(F)(F)F)ccc3F)CC2)c1C=O.CN. The molecule has 2 aromatic rings. The predicted octanol–water partition coefficient (Wildman–Crippen LogP) is 4.40. The van der Waals surface area contributed by atoms with Crippen LogP contribution < -0.4 is 21.7 Å². The van der Waals surface area contributed by atoms with Crippen LogP contribution >= 0.6 is 0 Å². The summed E-state index contributed by atoms with van der Waals surface area (Å²) >= 11 is 0.